The predicted molar refractivity (Wildman–Crippen MR) is 208 cm³/mol. The van der Waals surface area contributed by atoms with E-state index in [2.05, 4.69) is 35.4 Å². The number of nitrogens with one attached hydrogen (secondary N) is 1. The van der Waals surface area contributed by atoms with E-state index in [1.54, 1.807) is 4.90 Å². The summed E-state index contributed by atoms with van der Waals surface area (Å²) in [6.07, 6.45) is 3.65. The van der Waals surface area contributed by atoms with Gasteiger partial charge >= 0.3 is 0 Å². The highest BCUT2D eigenvalue weighted by Crippen LogP contribution is 2.50. The monoisotopic (exact) mass is 778 g/mol. The van der Waals surface area contributed by atoms with E-state index in [0.717, 1.165) is 65.7 Å². The van der Waals surface area contributed by atoms with Crippen molar-refractivity contribution in [2.45, 2.75) is 113 Å². The highest BCUT2D eigenvalue weighted by atomic mass is 35.5. The van der Waals surface area contributed by atoms with Gasteiger partial charge in [0.05, 0.1) is 12.7 Å². The van der Waals surface area contributed by atoms with E-state index in [1.165, 1.54) is 4.90 Å². The summed E-state index contributed by atoms with van der Waals surface area (Å²) in [5.41, 5.74) is 5.17. The number of aromatic nitrogens is 1. The third-order valence-electron chi connectivity index (χ3n) is 11.2. The average molecular weight is 779 g/mol. The van der Waals surface area contributed by atoms with Crippen LogP contribution < -0.4 is 10.1 Å². The second-order valence-corrected chi connectivity index (χ2v) is 15.8. The SMILES string of the molecule is CC(CCCN(CCCN1CCCC1=O)C(=O)[C@@H](O)[C@@H](O)[C@H](O)[C@@H](O)CO)c1ccc(Cl)c(CNC2(c3cnccc3-c3ccccc3OC3CC3)CC2)c1. The van der Waals surface area contributed by atoms with Crippen LogP contribution in [0.15, 0.2) is 60.9 Å². The lowest BCUT2D eigenvalue weighted by Gasteiger charge is -2.30. The number of para-hydroxylation sites is 1. The van der Waals surface area contributed by atoms with Gasteiger partial charge in [-0.1, -0.05) is 48.9 Å². The molecule has 13 heteroatoms. The number of aliphatic hydroxyl groups excluding tert-OH is 5. The molecule has 2 aliphatic carbocycles. The first-order valence-electron chi connectivity index (χ1n) is 19.6. The summed E-state index contributed by atoms with van der Waals surface area (Å²) in [5.74, 6) is 0.293. The number of likely N-dealkylation sites (tertiary alicyclic amines) is 1. The van der Waals surface area contributed by atoms with Crippen LogP contribution in [0.3, 0.4) is 0 Å². The molecule has 0 spiro atoms. The molecule has 6 N–H and O–H groups in total. The molecule has 3 fully saturated rings. The van der Waals surface area contributed by atoms with Crippen LogP contribution in [0.5, 0.6) is 5.75 Å². The number of ether oxygens (including phenoxy) is 1. The smallest absolute Gasteiger partial charge is 0.254 e. The van der Waals surface area contributed by atoms with Gasteiger partial charge in [-0.05, 0) is 97.7 Å². The van der Waals surface area contributed by atoms with Crippen molar-refractivity contribution in [1.82, 2.24) is 20.1 Å². The van der Waals surface area contributed by atoms with Crippen molar-refractivity contribution in [3.05, 3.63) is 82.6 Å². The number of pyridine rings is 1. The zero-order valence-electron chi connectivity index (χ0n) is 31.5. The summed E-state index contributed by atoms with van der Waals surface area (Å²) in [6, 6.07) is 16.3. The first kappa shape index (κ1) is 41.0. The second kappa shape index (κ2) is 18.5. The second-order valence-electron chi connectivity index (χ2n) is 15.4. The Balaban J connectivity index is 1.08. The van der Waals surface area contributed by atoms with Crippen LogP contribution in [0, 0.1) is 0 Å². The van der Waals surface area contributed by atoms with Crippen LogP contribution in [0.25, 0.3) is 11.1 Å². The highest BCUT2D eigenvalue weighted by molar-refractivity contribution is 6.31. The Morgan fingerprint density at radius 3 is 2.53 bits per heavy atom. The van der Waals surface area contributed by atoms with Crippen molar-refractivity contribution < 1.29 is 39.9 Å². The Bertz CT molecular complexity index is 1770. The van der Waals surface area contributed by atoms with Crippen molar-refractivity contribution in [3.63, 3.8) is 0 Å². The number of hydrogen-bond donors (Lipinski definition) is 6. The van der Waals surface area contributed by atoms with Gasteiger partial charge in [0.2, 0.25) is 5.91 Å². The number of aliphatic hydroxyl groups is 5. The maximum Gasteiger partial charge on any atom is 0.254 e. The third-order valence-corrected chi connectivity index (χ3v) is 11.6. The predicted octanol–water partition coefficient (Wildman–Crippen LogP) is 3.88. The zero-order chi connectivity index (χ0) is 39.1. The normalized spacial score (nSPS) is 19.1. The standard InChI is InChI=1S/C42H55ClN4O8/c1-27(7-4-20-47(22-6-21-46-19-5-10-37(46)50)41(54)40(53)39(52)38(51)35(49)26-48)28-11-14-34(43)29(23-28)24-45-42(16-17-42)33-25-44-18-15-31(33)32-8-2-3-9-36(32)55-30-12-13-30/h2-3,8-9,11,14-15,18,23,25,27,30,35,38-40,45,48-49,51-53H,4-7,10,12-13,16-17,19-22,24,26H2,1H3/t27?,35-,38+,39-,40-/m0/s1. The van der Waals surface area contributed by atoms with Gasteiger partial charge in [-0.15, -0.1) is 0 Å². The van der Waals surface area contributed by atoms with Crippen LogP contribution >= 0.6 is 11.6 Å². The van der Waals surface area contributed by atoms with Crippen molar-refractivity contribution >= 4 is 23.4 Å². The van der Waals surface area contributed by atoms with Crippen molar-refractivity contribution in [2.75, 3.05) is 32.8 Å². The Labute approximate surface area is 328 Å². The van der Waals surface area contributed by atoms with Crippen LogP contribution in [-0.2, 0) is 21.7 Å². The number of carbonyl (C=O) groups is 2. The van der Waals surface area contributed by atoms with Gasteiger partial charge in [-0.3, -0.25) is 14.6 Å². The Morgan fingerprint density at radius 1 is 1.05 bits per heavy atom. The number of benzene rings is 2. The van der Waals surface area contributed by atoms with E-state index in [0.29, 0.717) is 50.3 Å². The van der Waals surface area contributed by atoms with E-state index in [4.69, 9.17) is 21.4 Å². The largest absolute Gasteiger partial charge is 0.490 e. The van der Waals surface area contributed by atoms with Gasteiger partial charge in [0.25, 0.3) is 5.91 Å². The first-order valence-corrected chi connectivity index (χ1v) is 20.0. The number of hydrogen-bond acceptors (Lipinski definition) is 10. The fourth-order valence-corrected chi connectivity index (χ4v) is 7.66. The molecular weight excluding hydrogens is 724 g/mol. The van der Waals surface area contributed by atoms with Gasteiger partial charge in [0.15, 0.2) is 6.10 Å². The number of carbonyl (C=O) groups excluding carboxylic acids is 2. The average Bonchev–Trinajstić information content (AvgIpc) is 4.14. The van der Waals surface area contributed by atoms with Crippen molar-refractivity contribution in [3.8, 4) is 16.9 Å². The molecule has 2 amide bonds. The summed E-state index contributed by atoms with van der Waals surface area (Å²) < 4.78 is 6.28. The van der Waals surface area contributed by atoms with Gasteiger partial charge in [-0.25, -0.2) is 0 Å². The van der Waals surface area contributed by atoms with Crippen LogP contribution in [0.2, 0.25) is 5.02 Å². The molecule has 1 aliphatic heterocycles. The number of rotatable bonds is 21. The number of nitrogens with zero attached hydrogens (tertiary/aromatic N) is 3. The zero-order valence-corrected chi connectivity index (χ0v) is 32.3. The Hall–Kier alpha value is -3.62. The van der Waals surface area contributed by atoms with Gasteiger partial charge in [-0.2, -0.15) is 0 Å². The summed E-state index contributed by atoms with van der Waals surface area (Å²) >= 11 is 6.76. The van der Waals surface area contributed by atoms with E-state index >= 15 is 0 Å². The molecule has 2 saturated carbocycles. The number of amides is 2. The van der Waals surface area contributed by atoms with Gasteiger partial charge in [0, 0.05) is 67.7 Å². The molecule has 3 aliphatic rings. The van der Waals surface area contributed by atoms with Gasteiger partial charge in [0.1, 0.15) is 24.1 Å². The van der Waals surface area contributed by atoms with Crippen LogP contribution in [0.1, 0.15) is 87.3 Å². The summed E-state index contributed by atoms with van der Waals surface area (Å²) in [4.78, 5) is 33.2. The molecule has 2 heterocycles. The molecule has 5 atom stereocenters. The minimum atomic E-state index is -2.00. The lowest BCUT2D eigenvalue weighted by Crippen LogP contribution is -2.53. The molecule has 298 valence electrons. The minimum absolute atomic E-state index is 0.0787. The molecule has 1 saturated heterocycles. The first-order chi connectivity index (χ1) is 26.5. The Morgan fingerprint density at radius 2 is 1.82 bits per heavy atom. The topological polar surface area (TPSA) is 176 Å². The van der Waals surface area contributed by atoms with Gasteiger partial charge < -0.3 is 45.4 Å². The molecule has 1 aromatic heterocycles. The molecule has 3 aromatic rings. The maximum atomic E-state index is 13.4. The molecule has 0 radical (unpaired) electrons. The summed E-state index contributed by atoms with van der Waals surface area (Å²) in [6.45, 7) is 3.48. The molecular formula is C42H55ClN4O8. The molecule has 1 unspecified atom stereocenters. The highest BCUT2D eigenvalue weighted by Gasteiger charge is 2.46. The van der Waals surface area contributed by atoms with Crippen LogP contribution in [0.4, 0.5) is 0 Å². The van der Waals surface area contributed by atoms with E-state index in [1.807, 2.05) is 42.7 Å². The summed E-state index contributed by atoms with van der Waals surface area (Å²) in [5, 5.41) is 54.7. The minimum Gasteiger partial charge on any atom is -0.490 e. The fraction of sp³-hybridized carbons (Fsp3) is 0.548. The fourth-order valence-electron chi connectivity index (χ4n) is 7.47. The molecule has 55 heavy (non-hydrogen) atoms. The van der Waals surface area contributed by atoms with E-state index in [9.17, 15) is 30.0 Å². The summed E-state index contributed by atoms with van der Waals surface area (Å²) in [7, 11) is 0. The van der Waals surface area contributed by atoms with Crippen LogP contribution in [-0.4, -0.2) is 115 Å². The van der Waals surface area contributed by atoms with E-state index in [-0.39, 0.29) is 36.6 Å². The molecule has 6 rings (SSSR count). The van der Waals surface area contributed by atoms with Crippen molar-refractivity contribution in [2.24, 2.45) is 0 Å². The van der Waals surface area contributed by atoms with Crippen molar-refractivity contribution in [1.29, 1.82) is 0 Å². The maximum absolute atomic E-state index is 13.4. The molecule has 12 nitrogen and oxygen atoms in total. The lowest BCUT2D eigenvalue weighted by molar-refractivity contribution is -0.158. The number of halogens is 1. The quantitative estimate of drug-likeness (QED) is 0.0932. The Kier molecular flexibility index (Phi) is 13.8. The van der Waals surface area contributed by atoms with E-state index < -0.39 is 36.9 Å². The lowest BCUT2D eigenvalue weighted by atomic mass is 9.93. The molecule has 2 aromatic carbocycles. The molecule has 0 bridgehead atoms. The third kappa shape index (κ3) is 10.2.